The number of amides is 1. The molecule has 0 bridgehead atoms. The Morgan fingerprint density at radius 1 is 1.70 bits per heavy atom. The molecule has 5 heteroatoms. The van der Waals surface area contributed by atoms with Crippen molar-refractivity contribution in [2.45, 2.75) is 17.9 Å². The van der Waals surface area contributed by atoms with Gasteiger partial charge in [0.25, 0.3) is 0 Å². The average molecular weight is 168 g/mol. The van der Waals surface area contributed by atoms with Gasteiger partial charge in [-0.1, -0.05) is 11.6 Å². The van der Waals surface area contributed by atoms with Crippen LogP contribution < -0.4 is 5.73 Å². The van der Waals surface area contributed by atoms with Crippen LogP contribution >= 0.6 is 11.6 Å². The first kappa shape index (κ1) is 9.68. The fourth-order valence-corrected chi connectivity index (χ4v) is 0.488. The van der Waals surface area contributed by atoms with Crippen LogP contribution in [0.2, 0.25) is 0 Å². The predicted octanol–water partition coefficient (Wildman–Crippen LogP) is -0.828. The minimum absolute atomic E-state index is 0.0272. The van der Waals surface area contributed by atoms with Crippen molar-refractivity contribution in [3.05, 3.63) is 0 Å². The summed E-state index contributed by atoms with van der Waals surface area (Å²) in [5.41, 5.74) is 4.76. The molecule has 4 N–H and O–H groups in total. The van der Waals surface area contributed by atoms with Gasteiger partial charge in [-0.2, -0.15) is 0 Å². The zero-order valence-corrected chi connectivity index (χ0v) is 6.14. The SMILES string of the molecule is NC(=O)CC[C@](O)(Cl)CO. The minimum atomic E-state index is -1.70. The first-order valence-electron chi connectivity index (χ1n) is 2.78. The van der Waals surface area contributed by atoms with E-state index in [1.54, 1.807) is 0 Å². The predicted molar refractivity (Wildman–Crippen MR) is 36.3 cm³/mol. The zero-order valence-electron chi connectivity index (χ0n) is 5.38. The third-order valence-electron chi connectivity index (χ3n) is 0.997. The second kappa shape index (κ2) is 3.75. The standard InChI is InChI=1S/C5H10ClNO3/c6-5(10,3-8)2-1-4(7)9/h8,10H,1-3H2,(H2,7,9)/t5-/m1/s1. The first-order valence-corrected chi connectivity index (χ1v) is 3.16. The van der Waals surface area contributed by atoms with Crippen LogP contribution in [0.15, 0.2) is 0 Å². The van der Waals surface area contributed by atoms with Gasteiger partial charge in [-0.05, 0) is 0 Å². The largest absolute Gasteiger partial charge is 0.392 e. The van der Waals surface area contributed by atoms with Crippen LogP contribution in [0.25, 0.3) is 0 Å². The molecule has 0 aliphatic rings. The summed E-state index contributed by atoms with van der Waals surface area (Å²) in [7, 11) is 0. The van der Waals surface area contributed by atoms with Crippen molar-refractivity contribution < 1.29 is 15.0 Å². The highest BCUT2D eigenvalue weighted by molar-refractivity contribution is 6.22. The molecule has 0 fully saturated rings. The van der Waals surface area contributed by atoms with E-state index in [1.807, 2.05) is 0 Å². The molecule has 0 aromatic heterocycles. The van der Waals surface area contributed by atoms with E-state index in [9.17, 15) is 4.79 Å². The maximum atomic E-state index is 10.1. The van der Waals surface area contributed by atoms with Gasteiger partial charge in [0.1, 0.15) is 0 Å². The van der Waals surface area contributed by atoms with Gasteiger partial charge >= 0.3 is 0 Å². The highest BCUT2D eigenvalue weighted by Gasteiger charge is 2.22. The Morgan fingerprint density at radius 2 is 2.20 bits per heavy atom. The summed E-state index contributed by atoms with van der Waals surface area (Å²) in [4.78, 5) is 10.1. The number of primary amides is 1. The Labute approximate surface area is 63.6 Å². The molecule has 4 nitrogen and oxygen atoms in total. The molecule has 0 aliphatic carbocycles. The number of hydrogen-bond donors (Lipinski definition) is 3. The van der Waals surface area contributed by atoms with Crippen molar-refractivity contribution in [2.75, 3.05) is 6.61 Å². The van der Waals surface area contributed by atoms with E-state index in [2.05, 4.69) is 0 Å². The molecular formula is C5H10ClNO3. The maximum Gasteiger partial charge on any atom is 0.217 e. The molecular weight excluding hydrogens is 158 g/mol. The highest BCUT2D eigenvalue weighted by Crippen LogP contribution is 2.16. The Hall–Kier alpha value is -0.320. The van der Waals surface area contributed by atoms with Crippen molar-refractivity contribution in [2.24, 2.45) is 5.73 Å². The second-order valence-electron chi connectivity index (χ2n) is 2.04. The topological polar surface area (TPSA) is 83.6 Å². The molecule has 0 aliphatic heterocycles. The lowest BCUT2D eigenvalue weighted by atomic mass is 10.2. The van der Waals surface area contributed by atoms with E-state index in [0.29, 0.717) is 0 Å². The van der Waals surface area contributed by atoms with Crippen molar-refractivity contribution in [3.8, 4) is 0 Å². The first-order chi connectivity index (χ1) is 4.48. The molecule has 0 heterocycles. The molecule has 10 heavy (non-hydrogen) atoms. The number of carbonyl (C=O) groups is 1. The lowest BCUT2D eigenvalue weighted by molar-refractivity contribution is -0.118. The third-order valence-corrected chi connectivity index (χ3v) is 1.31. The van der Waals surface area contributed by atoms with E-state index in [-0.39, 0.29) is 12.8 Å². The molecule has 0 unspecified atom stereocenters. The molecule has 0 rings (SSSR count). The molecule has 60 valence electrons. The molecule has 0 radical (unpaired) electrons. The van der Waals surface area contributed by atoms with Crippen LogP contribution in [0, 0.1) is 0 Å². The molecule has 1 amide bonds. The van der Waals surface area contributed by atoms with Crippen molar-refractivity contribution in [1.82, 2.24) is 0 Å². The van der Waals surface area contributed by atoms with Crippen molar-refractivity contribution in [3.63, 3.8) is 0 Å². The lowest BCUT2D eigenvalue weighted by Gasteiger charge is -2.15. The van der Waals surface area contributed by atoms with Crippen LogP contribution in [0.3, 0.4) is 0 Å². The summed E-state index contributed by atoms with van der Waals surface area (Å²) in [6, 6.07) is 0. The van der Waals surface area contributed by atoms with Gasteiger partial charge in [-0.15, -0.1) is 0 Å². The van der Waals surface area contributed by atoms with Crippen LogP contribution in [0.5, 0.6) is 0 Å². The van der Waals surface area contributed by atoms with Crippen LogP contribution in [0.4, 0.5) is 0 Å². The van der Waals surface area contributed by atoms with E-state index >= 15 is 0 Å². The van der Waals surface area contributed by atoms with Gasteiger partial charge in [-0.25, -0.2) is 0 Å². The molecule has 0 aromatic rings. The number of alkyl halides is 1. The fourth-order valence-electron chi connectivity index (χ4n) is 0.394. The Kier molecular flexibility index (Phi) is 3.63. The summed E-state index contributed by atoms with van der Waals surface area (Å²) in [5.74, 6) is -0.549. The quantitative estimate of drug-likeness (QED) is 0.478. The van der Waals surface area contributed by atoms with E-state index in [4.69, 9.17) is 27.5 Å². The summed E-state index contributed by atoms with van der Waals surface area (Å²) in [6.07, 6.45) is -0.0546. The number of aliphatic hydroxyl groups excluding tert-OH is 1. The normalized spacial score (nSPS) is 16.3. The van der Waals surface area contributed by atoms with Gasteiger partial charge in [0.2, 0.25) is 5.91 Å². The smallest absolute Gasteiger partial charge is 0.217 e. The van der Waals surface area contributed by atoms with Crippen LogP contribution in [-0.2, 0) is 4.79 Å². The van der Waals surface area contributed by atoms with E-state index < -0.39 is 17.6 Å². The van der Waals surface area contributed by atoms with Crippen molar-refractivity contribution >= 4 is 17.5 Å². The number of carbonyl (C=O) groups excluding carboxylic acids is 1. The monoisotopic (exact) mass is 167 g/mol. The maximum absolute atomic E-state index is 10.1. The molecule has 0 spiro atoms. The molecule has 1 atom stereocenters. The van der Waals surface area contributed by atoms with Gasteiger partial charge in [-0.3, -0.25) is 4.79 Å². The highest BCUT2D eigenvalue weighted by atomic mass is 35.5. The number of halogens is 1. The van der Waals surface area contributed by atoms with E-state index in [0.717, 1.165) is 0 Å². The Bertz CT molecular complexity index is 126. The molecule has 0 saturated carbocycles. The fraction of sp³-hybridized carbons (Fsp3) is 0.800. The second-order valence-corrected chi connectivity index (χ2v) is 2.75. The van der Waals surface area contributed by atoms with Gasteiger partial charge in [0.05, 0.1) is 6.61 Å². The zero-order chi connectivity index (χ0) is 8.20. The van der Waals surface area contributed by atoms with Gasteiger partial charge < -0.3 is 15.9 Å². The number of hydrogen-bond acceptors (Lipinski definition) is 3. The Morgan fingerprint density at radius 3 is 2.50 bits per heavy atom. The number of aliphatic hydroxyl groups is 2. The van der Waals surface area contributed by atoms with Gasteiger partial charge in [0, 0.05) is 12.8 Å². The van der Waals surface area contributed by atoms with Crippen LogP contribution in [0.1, 0.15) is 12.8 Å². The summed E-state index contributed by atoms with van der Waals surface area (Å²) in [5, 5.41) is 15.6. The van der Waals surface area contributed by atoms with Crippen molar-refractivity contribution in [1.29, 1.82) is 0 Å². The molecule has 0 saturated heterocycles. The number of rotatable bonds is 4. The summed E-state index contributed by atoms with van der Waals surface area (Å²) in [6.45, 7) is -0.582. The summed E-state index contributed by atoms with van der Waals surface area (Å²) < 4.78 is 0. The number of nitrogens with two attached hydrogens (primary N) is 1. The van der Waals surface area contributed by atoms with Crippen LogP contribution in [-0.4, -0.2) is 27.8 Å². The summed E-state index contributed by atoms with van der Waals surface area (Å²) >= 11 is 5.26. The van der Waals surface area contributed by atoms with Gasteiger partial charge in [0.15, 0.2) is 5.06 Å². The average Bonchev–Trinajstić information content (AvgIpc) is 1.85. The minimum Gasteiger partial charge on any atom is -0.392 e. The lowest BCUT2D eigenvalue weighted by Crippen LogP contribution is -2.27. The molecule has 0 aromatic carbocycles. The Balaban J connectivity index is 3.56. The van der Waals surface area contributed by atoms with E-state index in [1.165, 1.54) is 0 Å². The third kappa shape index (κ3) is 4.55.